The summed E-state index contributed by atoms with van der Waals surface area (Å²) in [6.45, 7) is 39.3. The number of rotatable bonds is 9. The molecular formula is C44H63GeNSi4. The van der Waals surface area contributed by atoms with Crippen LogP contribution >= 0.6 is 0 Å². The first kappa shape index (κ1) is 38.0. The third-order valence-corrected chi connectivity index (χ3v) is 32.9. The van der Waals surface area contributed by atoms with Crippen LogP contribution in [0.15, 0.2) is 84.9 Å². The van der Waals surface area contributed by atoms with Crippen molar-refractivity contribution in [2.45, 2.75) is 127 Å². The summed E-state index contributed by atoms with van der Waals surface area (Å²) in [5.41, 5.74) is 13.7. The summed E-state index contributed by atoms with van der Waals surface area (Å²) in [6, 6.07) is 33.7. The van der Waals surface area contributed by atoms with E-state index >= 15 is 0 Å². The summed E-state index contributed by atoms with van der Waals surface area (Å²) in [6.07, 6.45) is 0. The molecule has 0 aromatic heterocycles. The number of hydrogen-bond donors (Lipinski definition) is 1. The molecular weight excluding hydrogens is 727 g/mol. The van der Waals surface area contributed by atoms with Crippen LogP contribution < -0.4 is 8.67 Å². The number of hydrogen-bond acceptors (Lipinski definition) is 1. The van der Waals surface area contributed by atoms with E-state index in [9.17, 15) is 0 Å². The molecule has 0 saturated heterocycles. The Kier molecular flexibility index (Phi) is 9.64. The van der Waals surface area contributed by atoms with Gasteiger partial charge in [0.1, 0.15) is 0 Å². The number of benzene rings is 4. The van der Waals surface area contributed by atoms with E-state index in [0.717, 1.165) is 0 Å². The minimum absolute atomic E-state index is 0.0968. The van der Waals surface area contributed by atoms with E-state index in [-0.39, 0.29) is 11.0 Å². The molecule has 0 saturated carbocycles. The molecule has 4 aromatic carbocycles. The second-order valence-corrected chi connectivity index (χ2v) is 45.3. The van der Waals surface area contributed by atoms with Crippen molar-refractivity contribution < 1.29 is 0 Å². The summed E-state index contributed by atoms with van der Waals surface area (Å²) in [5, 5.41) is 1.37. The average molecular weight is 791 g/mol. The van der Waals surface area contributed by atoms with E-state index in [2.05, 4.69) is 189 Å². The first-order chi connectivity index (χ1) is 23.0. The Balaban J connectivity index is 1.70. The van der Waals surface area contributed by atoms with E-state index in [1.807, 2.05) is 0 Å². The molecule has 0 heterocycles. The van der Waals surface area contributed by atoms with Gasteiger partial charge in [-0.15, -0.1) is 0 Å². The molecule has 6 heteroatoms. The third kappa shape index (κ3) is 6.44. The van der Waals surface area contributed by atoms with Gasteiger partial charge in [-0.3, -0.25) is 0 Å². The molecule has 1 nitrogen and oxygen atoms in total. The molecule has 3 aliphatic carbocycles. The second-order valence-electron chi connectivity index (χ2n) is 20.8. The Bertz CT molecular complexity index is 1720. The monoisotopic (exact) mass is 791 g/mol. The summed E-state index contributed by atoms with van der Waals surface area (Å²) in [4.78, 5) is 0. The predicted molar refractivity (Wildman–Crippen MR) is 233 cm³/mol. The van der Waals surface area contributed by atoms with Crippen molar-refractivity contribution in [1.29, 1.82) is 0 Å². The molecule has 0 amide bonds. The second kappa shape index (κ2) is 12.7. The van der Waals surface area contributed by atoms with Gasteiger partial charge in [0.15, 0.2) is 0 Å². The summed E-state index contributed by atoms with van der Waals surface area (Å²) < 4.78 is 6.41. The molecule has 3 aliphatic rings. The predicted octanol–water partition coefficient (Wildman–Crippen LogP) is 11.3. The molecule has 2 radical (unpaired) electrons. The summed E-state index contributed by atoms with van der Waals surface area (Å²) in [5.74, 6) is 0.297. The SMILES string of the molecule is CC(C)(C)c1cc(C([Si](C)(C)C)[Si](C)(C)C)[c]([Ge][NH]C23c4ccccc4C(c4ccccc42)c2ccccc23)c(C([Si](C)(C)C)[Si](C)(C)C)c1. The van der Waals surface area contributed by atoms with Crippen LogP contribution in [0.3, 0.4) is 0 Å². The first-order valence-electron chi connectivity index (χ1n) is 19.0. The Labute approximate surface area is 316 Å². The van der Waals surface area contributed by atoms with Crippen molar-refractivity contribution in [2.24, 2.45) is 0 Å². The van der Waals surface area contributed by atoms with Crippen LogP contribution in [-0.4, -0.2) is 47.9 Å². The van der Waals surface area contributed by atoms with E-state index < -0.39 is 47.9 Å². The van der Waals surface area contributed by atoms with Gasteiger partial charge in [-0.2, -0.15) is 0 Å². The van der Waals surface area contributed by atoms with Crippen LogP contribution in [0.4, 0.5) is 0 Å². The van der Waals surface area contributed by atoms with Gasteiger partial charge < -0.3 is 0 Å². The van der Waals surface area contributed by atoms with Gasteiger partial charge in [0.2, 0.25) is 0 Å². The molecule has 1 N–H and O–H groups in total. The van der Waals surface area contributed by atoms with E-state index in [4.69, 9.17) is 0 Å². The van der Waals surface area contributed by atoms with Crippen molar-refractivity contribution in [3.05, 3.63) is 135 Å². The van der Waals surface area contributed by atoms with Crippen LogP contribution in [0.5, 0.6) is 0 Å². The van der Waals surface area contributed by atoms with Gasteiger partial charge in [0, 0.05) is 0 Å². The Morgan fingerprint density at radius 2 is 0.860 bits per heavy atom. The normalized spacial score (nSPS) is 19.1. The fourth-order valence-electron chi connectivity index (χ4n) is 10.8. The van der Waals surface area contributed by atoms with Crippen molar-refractivity contribution in [2.75, 3.05) is 0 Å². The standard InChI is InChI=1S/C44H63GeNSi4/c1-43(2,3)30-28-34(41(47(4,5)6)48(7,8)9)40(35(29-30)42(49(10,11)12)50(13,14)15)45-46-44-36-25-19-16-22-31(36)39(32-23-17-20-26-37(32)44)33-24-18-21-27-38(33)44/h16-29,39,41-42,46H,1-15H3. The Morgan fingerprint density at radius 1 is 0.540 bits per heavy atom. The fourth-order valence-corrected chi connectivity index (χ4v) is 40.4. The molecule has 0 fully saturated rings. The summed E-state index contributed by atoms with van der Waals surface area (Å²) in [7, 11) is -6.44. The van der Waals surface area contributed by atoms with Crippen LogP contribution in [0.25, 0.3) is 0 Å². The van der Waals surface area contributed by atoms with Crippen molar-refractivity contribution >= 4 is 52.3 Å². The summed E-state index contributed by atoms with van der Waals surface area (Å²) >= 11 is -0.826. The van der Waals surface area contributed by atoms with Crippen LogP contribution in [0.2, 0.25) is 78.6 Å². The zero-order valence-corrected chi connectivity index (χ0v) is 39.9. The molecule has 264 valence electrons. The van der Waals surface area contributed by atoms with Gasteiger partial charge in [-0.25, -0.2) is 0 Å². The molecule has 0 spiro atoms. The molecule has 7 rings (SSSR count). The van der Waals surface area contributed by atoms with Gasteiger partial charge in [0.25, 0.3) is 0 Å². The maximum atomic E-state index is 4.65. The molecule has 0 aliphatic heterocycles. The zero-order valence-electron chi connectivity index (χ0n) is 33.8. The van der Waals surface area contributed by atoms with E-state index in [0.29, 0.717) is 16.2 Å². The first-order valence-corrected chi connectivity index (χ1v) is 35.4. The maximum absolute atomic E-state index is 4.65. The Hall–Kier alpha value is -1.75. The van der Waals surface area contributed by atoms with Crippen molar-refractivity contribution in [1.82, 2.24) is 4.27 Å². The fraction of sp³-hybridized carbons (Fsp3) is 0.455. The topological polar surface area (TPSA) is 12.0 Å². The molecule has 2 bridgehead atoms. The molecule has 0 atom stereocenters. The number of nitrogens with one attached hydrogen (secondary N) is 1. The third-order valence-electron chi connectivity index (χ3n) is 11.6. The quantitative estimate of drug-likeness (QED) is 0.167. The van der Waals surface area contributed by atoms with Crippen molar-refractivity contribution in [3.63, 3.8) is 0 Å². The average Bonchev–Trinajstić information content (AvgIpc) is 2.97. The van der Waals surface area contributed by atoms with Crippen LogP contribution in [0, 0.1) is 0 Å². The minimum atomic E-state index is -1.61. The van der Waals surface area contributed by atoms with Gasteiger partial charge in [-0.1, -0.05) is 0 Å². The Morgan fingerprint density at radius 3 is 1.16 bits per heavy atom. The molecule has 4 aromatic rings. The molecule has 0 unspecified atom stereocenters. The van der Waals surface area contributed by atoms with Crippen LogP contribution in [-0.2, 0) is 11.0 Å². The van der Waals surface area contributed by atoms with E-state index in [1.165, 1.54) is 33.4 Å². The zero-order chi connectivity index (χ0) is 36.8. The van der Waals surface area contributed by atoms with Crippen LogP contribution in [0.1, 0.15) is 87.1 Å². The molecule has 50 heavy (non-hydrogen) atoms. The van der Waals surface area contributed by atoms with Crippen molar-refractivity contribution in [3.8, 4) is 0 Å². The van der Waals surface area contributed by atoms with Gasteiger partial charge >= 0.3 is 318 Å². The van der Waals surface area contributed by atoms with Gasteiger partial charge in [-0.05, 0) is 0 Å². The van der Waals surface area contributed by atoms with E-state index in [1.54, 1.807) is 21.1 Å². The van der Waals surface area contributed by atoms with Gasteiger partial charge in [0.05, 0.1) is 0 Å².